The van der Waals surface area contributed by atoms with Crippen molar-refractivity contribution in [2.45, 2.75) is 25.5 Å². The van der Waals surface area contributed by atoms with Crippen LogP contribution in [0.2, 0.25) is 0 Å². The van der Waals surface area contributed by atoms with Crippen LogP contribution in [0.3, 0.4) is 0 Å². The minimum atomic E-state index is -2.81. The van der Waals surface area contributed by atoms with Gasteiger partial charge in [0.15, 0.2) is 0 Å². The molecule has 0 saturated carbocycles. The van der Waals surface area contributed by atoms with Gasteiger partial charge in [-0.15, -0.1) is 12.4 Å². The van der Waals surface area contributed by atoms with Crippen LogP contribution in [0.25, 0.3) is 0 Å². The molecule has 17 heavy (non-hydrogen) atoms. The first kappa shape index (κ1) is 16.1. The highest BCUT2D eigenvalue weighted by Crippen LogP contribution is 2.21. The second-order valence-electron chi connectivity index (χ2n) is 3.49. The SMILES string of the molecule is Cl.NCCC[C@@H](N)c1cccc(OC(F)F)c1. The summed E-state index contributed by atoms with van der Waals surface area (Å²) in [7, 11) is 0. The van der Waals surface area contributed by atoms with Crippen molar-refractivity contribution in [3.63, 3.8) is 0 Å². The monoisotopic (exact) mass is 266 g/mol. The first-order chi connectivity index (χ1) is 7.63. The number of hydrogen-bond acceptors (Lipinski definition) is 3. The fraction of sp³-hybridized carbons (Fsp3) is 0.455. The third-order valence-electron chi connectivity index (χ3n) is 2.23. The second-order valence-corrected chi connectivity index (χ2v) is 3.49. The molecule has 0 radical (unpaired) electrons. The maximum atomic E-state index is 12.0. The number of nitrogens with two attached hydrogens (primary N) is 2. The molecule has 1 aromatic rings. The third kappa shape index (κ3) is 5.81. The van der Waals surface area contributed by atoms with E-state index < -0.39 is 6.61 Å². The van der Waals surface area contributed by atoms with E-state index >= 15 is 0 Å². The first-order valence-electron chi connectivity index (χ1n) is 5.14. The molecular formula is C11H17ClF2N2O. The van der Waals surface area contributed by atoms with Gasteiger partial charge in [-0.3, -0.25) is 0 Å². The molecule has 0 heterocycles. The lowest BCUT2D eigenvalue weighted by Gasteiger charge is -2.13. The molecule has 6 heteroatoms. The van der Waals surface area contributed by atoms with Crippen LogP contribution in [-0.4, -0.2) is 13.2 Å². The Kier molecular flexibility index (Phi) is 7.78. The van der Waals surface area contributed by atoms with Gasteiger partial charge in [0.2, 0.25) is 0 Å². The lowest BCUT2D eigenvalue weighted by molar-refractivity contribution is -0.0499. The molecule has 0 amide bonds. The second kappa shape index (κ2) is 8.22. The molecule has 0 aliphatic carbocycles. The quantitative estimate of drug-likeness (QED) is 0.831. The van der Waals surface area contributed by atoms with Crippen molar-refractivity contribution in [2.75, 3.05) is 6.54 Å². The predicted molar refractivity (Wildman–Crippen MR) is 65.5 cm³/mol. The van der Waals surface area contributed by atoms with Gasteiger partial charge in [-0.05, 0) is 37.1 Å². The van der Waals surface area contributed by atoms with E-state index in [-0.39, 0.29) is 24.2 Å². The Hall–Kier alpha value is -0.910. The predicted octanol–water partition coefficient (Wildman–Crippen LogP) is 2.45. The van der Waals surface area contributed by atoms with Gasteiger partial charge in [0.1, 0.15) is 5.75 Å². The Bertz CT molecular complexity index is 326. The maximum Gasteiger partial charge on any atom is 0.387 e. The largest absolute Gasteiger partial charge is 0.435 e. The summed E-state index contributed by atoms with van der Waals surface area (Å²) in [6, 6.07) is 6.26. The number of halogens is 3. The fourth-order valence-corrected chi connectivity index (χ4v) is 1.43. The van der Waals surface area contributed by atoms with E-state index in [1.54, 1.807) is 12.1 Å². The highest BCUT2D eigenvalue weighted by Gasteiger charge is 2.08. The van der Waals surface area contributed by atoms with Gasteiger partial charge >= 0.3 is 6.61 Å². The van der Waals surface area contributed by atoms with Crippen LogP contribution in [0.5, 0.6) is 5.75 Å². The average molecular weight is 267 g/mol. The number of alkyl halides is 2. The molecule has 0 saturated heterocycles. The lowest BCUT2D eigenvalue weighted by Crippen LogP contribution is -2.13. The normalized spacial score (nSPS) is 12.1. The van der Waals surface area contributed by atoms with E-state index in [0.29, 0.717) is 6.54 Å². The molecule has 0 fully saturated rings. The van der Waals surface area contributed by atoms with Crippen molar-refractivity contribution in [2.24, 2.45) is 11.5 Å². The summed E-state index contributed by atoms with van der Waals surface area (Å²) < 4.78 is 28.3. The lowest BCUT2D eigenvalue weighted by atomic mass is 10.0. The first-order valence-corrected chi connectivity index (χ1v) is 5.14. The van der Waals surface area contributed by atoms with Crippen LogP contribution in [0.1, 0.15) is 24.4 Å². The summed E-state index contributed by atoms with van der Waals surface area (Å²) in [6.07, 6.45) is 1.54. The van der Waals surface area contributed by atoms with Gasteiger partial charge in [0, 0.05) is 6.04 Å². The average Bonchev–Trinajstić information content (AvgIpc) is 2.25. The summed E-state index contributed by atoms with van der Waals surface area (Å²) in [5, 5.41) is 0. The maximum absolute atomic E-state index is 12.0. The molecule has 3 nitrogen and oxygen atoms in total. The van der Waals surface area contributed by atoms with Crippen molar-refractivity contribution in [3.8, 4) is 5.75 Å². The van der Waals surface area contributed by atoms with Gasteiger partial charge < -0.3 is 16.2 Å². The van der Waals surface area contributed by atoms with Crippen LogP contribution < -0.4 is 16.2 Å². The van der Waals surface area contributed by atoms with Crippen molar-refractivity contribution in [1.29, 1.82) is 0 Å². The number of rotatable bonds is 6. The number of benzene rings is 1. The van der Waals surface area contributed by atoms with Crippen LogP contribution in [0.15, 0.2) is 24.3 Å². The van der Waals surface area contributed by atoms with E-state index in [1.165, 1.54) is 12.1 Å². The molecule has 1 aromatic carbocycles. The standard InChI is InChI=1S/C11H16F2N2O.ClH/c12-11(13)16-9-4-1-3-8(7-9)10(15)5-2-6-14;/h1,3-4,7,10-11H,2,5-6,14-15H2;1H/t10-;/m1./s1. The molecule has 0 aliphatic heterocycles. The number of ether oxygens (including phenoxy) is 1. The Labute approximate surface area is 106 Å². The van der Waals surface area contributed by atoms with Crippen LogP contribution in [0, 0.1) is 0 Å². The van der Waals surface area contributed by atoms with E-state index in [9.17, 15) is 8.78 Å². The van der Waals surface area contributed by atoms with E-state index in [1.807, 2.05) is 0 Å². The van der Waals surface area contributed by atoms with Gasteiger partial charge in [-0.25, -0.2) is 0 Å². The molecule has 0 bridgehead atoms. The van der Waals surface area contributed by atoms with E-state index in [0.717, 1.165) is 18.4 Å². The minimum absolute atomic E-state index is 0. The highest BCUT2D eigenvalue weighted by atomic mass is 35.5. The Balaban J connectivity index is 0.00000256. The molecule has 98 valence electrons. The van der Waals surface area contributed by atoms with E-state index in [2.05, 4.69) is 4.74 Å². The van der Waals surface area contributed by atoms with Gasteiger partial charge in [0.05, 0.1) is 0 Å². The smallest absolute Gasteiger partial charge is 0.387 e. The summed E-state index contributed by atoms with van der Waals surface area (Å²) in [5.74, 6) is 0.135. The molecule has 0 aromatic heterocycles. The summed E-state index contributed by atoms with van der Waals surface area (Å²) >= 11 is 0. The van der Waals surface area contributed by atoms with Crippen molar-refractivity contribution in [3.05, 3.63) is 29.8 Å². The zero-order valence-corrected chi connectivity index (χ0v) is 10.1. The summed E-state index contributed by atoms with van der Waals surface area (Å²) in [6.45, 7) is -2.24. The van der Waals surface area contributed by atoms with Crippen LogP contribution in [0.4, 0.5) is 8.78 Å². The van der Waals surface area contributed by atoms with Crippen molar-refractivity contribution < 1.29 is 13.5 Å². The Morgan fingerprint density at radius 2 is 2.00 bits per heavy atom. The van der Waals surface area contributed by atoms with Crippen molar-refractivity contribution >= 4 is 12.4 Å². The van der Waals surface area contributed by atoms with Crippen LogP contribution in [-0.2, 0) is 0 Å². The van der Waals surface area contributed by atoms with Crippen LogP contribution >= 0.6 is 12.4 Å². The van der Waals surface area contributed by atoms with E-state index in [4.69, 9.17) is 11.5 Å². The topological polar surface area (TPSA) is 61.3 Å². The molecule has 0 spiro atoms. The summed E-state index contributed by atoms with van der Waals surface area (Å²) in [4.78, 5) is 0. The summed E-state index contributed by atoms with van der Waals surface area (Å²) in [5.41, 5.74) is 12.0. The minimum Gasteiger partial charge on any atom is -0.435 e. The Morgan fingerprint density at radius 3 is 2.59 bits per heavy atom. The molecule has 1 rings (SSSR count). The molecule has 0 unspecified atom stereocenters. The zero-order chi connectivity index (χ0) is 12.0. The zero-order valence-electron chi connectivity index (χ0n) is 9.31. The van der Waals surface area contributed by atoms with Gasteiger partial charge in [0.25, 0.3) is 0 Å². The number of hydrogen-bond donors (Lipinski definition) is 2. The van der Waals surface area contributed by atoms with Gasteiger partial charge in [-0.1, -0.05) is 12.1 Å². The van der Waals surface area contributed by atoms with Gasteiger partial charge in [-0.2, -0.15) is 8.78 Å². The molecule has 0 aliphatic rings. The Morgan fingerprint density at radius 1 is 1.29 bits per heavy atom. The fourth-order valence-electron chi connectivity index (χ4n) is 1.43. The van der Waals surface area contributed by atoms with Crippen molar-refractivity contribution in [1.82, 2.24) is 0 Å². The third-order valence-corrected chi connectivity index (χ3v) is 2.23. The highest BCUT2D eigenvalue weighted by molar-refractivity contribution is 5.85. The molecule has 4 N–H and O–H groups in total. The molecular weight excluding hydrogens is 250 g/mol. The molecule has 1 atom stereocenters.